The lowest BCUT2D eigenvalue weighted by atomic mass is 10.2. The zero-order valence-corrected chi connectivity index (χ0v) is 12.5. The number of hydrogen-bond acceptors (Lipinski definition) is 3. The van der Waals surface area contributed by atoms with E-state index < -0.39 is 0 Å². The molecule has 1 fully saturated rings. The van der Waals surface area contributed by atoms with Crippen molar-refractivity contribution in [1.29, 1.82) is 0 Å². The molecule has 2 N–H and O–H groups in total. The van der Waals surface area contributed by atoms with Gasteiger partial charge in [-0.05, 0) is 17.7 Å². The summed E-state index contributed by atoms with van der Waals surface area (Å²) in [4.78, 5) is 13.6. The standard InChI is InChI=1S/C14H15BrN4O/c15-11-3-1-10(2-4-11)8-19-13(5-6-17-19)18-9-12(16)7-14(18)20/h1-6,12H,7-9,16H2. The monoisotopic (exact) mass is 334 g/mol. The smallest absolute Gasteiger partial charge is 0.229 e. The molecule has 5 nitrogen and oxygen atoms in total. The summed E-state index contributed by atoms with van der Waals surface area (Å²) in [7, 11) is 0. The van der Waals surface area contributed by atoms with Gasteiger partial charge in [0, 0.05) is 29.5 Å². The largest absolute Gasteiger partial charge is 0.326 e. The minimum absolute atomic E-state index is 0.0649. The number of benzene rings is 1. The summed E-state index contributed by atoms with van der Waals surface area (Å²) in [6.45, 7) is 1.19. The van der Waals surface area contributed by atoms with Gasteiger partial charge in [0.25, 0.3) is 0 Å². The molecular weight excluding hydrogens is 320 g/mol. The molecule has 1 amide bonds. The number of rotatable bonds is 3. The molecule has 0 radical (unpaired) electrons. The van der Waals surface area contributed by atoms with Crippen LogP contribution in [-0.4, -0.2) is 28.3 Å². The Morgan fingerprint density at radius 1 is 1.30 bits per heavy atom. The molecular formula is C14H15BrN4O. The lowest BCUT2D eigenvalue weighted by Gasteiger charge is -2.17. The van der Waals surface area contributed by atoms with Crippen molar-refractivity contribution in [3.05, 3.63) is 46.6 Å². The number of anilines is 1. The second kappa shape index (κ2) is 5.38. The van der Waals surface area contributed by atoms with E-state index in [2.05, 4.69) is 21.0 Å². The summed E-state index contributed by atoms with van der Waals surface area (Å²) in [5.41, 5.74) is 6.98. The van der Waals surface area contributed by atoms with Crippen LogP contribution >= 0.6 is 15.9 Å². The molecule has 1 saturated heterocycles. The van der Waals surface area contributed by atoms with E-state index >= 15 is 0 Å². The average Bonchev–Trinajstić information content (AvgIpc) is 2.98. The normalized spacial score (nSPS) is 18.8. The number of carbonyl (C=O) groups is 1. The maximum Gasteiger partial charge on any atom is 0.229 e. The quantitative estimate of drug-likeness (QED) is 0.930. The highest BCUT2D eigenvalue weighted by atomic mass is 79.9. The van der Waals surface area contributed by atoms with Crippen molar-refractivity contribution in [2.45, 2.75) is 19.0 Å². The van der Waals surface area contributed by atoms with Gasteiger partial charge >= 0.3 is 0 Å². The fourth-order valence-electron chi connectivity index (χ4n) is 2.40. The maximum absolute atomic E-state index is 11.9. The third-order valence-corrected chi connectivity index (χ3v) is 3.90. The molecule has 0 saturated carbocycles. The number of hydrogen-bond donors (Lipinski definition) is 1. The fourth-order valence-corrected chi connectivity index (χ4v) is 2.66. The van der Waals surface area contributed by atoms with Crippen LogP contribution < -0.4 is 10.6 Å². The second-order valence-corrected chi connectivity index (χ2v) is 5.86. The van der Waals surface area contributed by atoms with E-state index in [-0.39, 0.29) is 11.9 Å². The molecule has 0 bridgehead atoms. The predicted molar refractivity (Wildman–Crippen MR) is 80.4 cm³/mol. The van der Waals surface area contributed by atoms with Crippen LogP contribution in [0.4, 0.5) is 5.82 Å². The SMILES string of the molecule is NC1CC(=O)N(c2ccnn2Cc2ccc(Br)cc2)C1. The molecule has 6 heteroatoms. The lowest BCUT2D eigenvalue weighted by Crippen LogP contribution is -2.30. The minimum atomic E-state index is -0.0847. The third kappa shape index (κ3) is 2.62. The van der Waals surface area contributed by atoms with E-state index in [0.29, 0.717) is 19.5 Å². The van der Waals surface area contributed by atoms with Crippen LogP contribution in [-0.2, 0) is 11.3 Å². The van der Waals surface area contributed by atoms with Crippen LogP contribution in [0.3, 0.4) is 0 Å². The first-order chi connectivity index (χ1) is 9.63. The number of nitrogens with zero attached hydrogens (tertiary/aromatic N) is 3. The molecule has 104 valence electrons. The van der Waals surface area contributed by atoms with Gasteiger partial charge in [-0.15, -0.1) is 0 Å². The van der Waals surface area contributed by atoms with Crippen molar-refractivity contribution < 1.29 is 4.79 Å². The first-order valence-corrected chi connectivity index (χ1v) is 7.25. The molecule has 1 aliphatic rings. The molecule has 0 spiro atoms. The Bertz CT molecular complexity index is 622. The van der Waals surface area contributed by atoms with E-state index in [1.54, 1.807) is 11.1 Å². The zero-order chi connectivity index (χ0) is 14.1. The number of aromatic nitrogens is 2. The Kier molecular flexibility index (Phi) is 3.58. The Morgan fingerprint density at radius 3 is 2.70 bits per heavy atom. The summed E-state index contributed by atoms with van der Waals surface area (Å²) >= 11 is 3.42. The van der Waals surface area contributed by atoms with Gasteiger partial charge in [-0.25, -0.2) is 4.68 Å². The van der Waals surface area contributed by atoms with E-state index in [4.69, 9.17) is 5.73 Å². The highest BCUT2D eigenvalue weighted by molar-refractivity contribution is 9.10. The van der Waals surface area contributed by atoms with Crippen molar-refractivity contribution in [1.82, 2.24) is 9.78 Å². The van der Waals surface area contributed by atoms with E-state index in [1.807, 2.05) is 35.0 Å². The third-order valence-electron chi connectivity index (χ3n) is 3.37. The van der Waals surface area contributed by atoms with E-state index in [9.17, 15) is 4.79 Å². The van der Waals surface area contributed by atoms with Gasteiger partial charge in [-0.3, -0.25) is 9.69 Å². The maximum atomic E-state index is 11.9. The molecule has 1 aliphatic heterocycles. The second-order valence-electron chi connectivity index (χ2n) is 4.94. The number of halogens is 1. The average molecular weight is 335 g/mol. The molecule has 1 aromatic carbocycles. The van der Waals surface area contributed by atoms with Crippen LogP contribution in [0.2, 0.25) is 0 Å². The van der Waals surface area contributed by atoms with Crippen LogP contribution in [0, 0.1) is 0 Å². The molecule has 2 heterocycles. The van der Waals surface area contributed by atoms with Gasteiger partial charge in [0.15, 0.2) is 0 Å². The lowest BCUT2D eigenvalue weighted by molar-refractivity contribution is -0.117. The summed E-state index contributed by atoms with van der Waals surface area (Å²) in [6.07, 6.45) is 2.12. The highest BCUT2D eigenvalue weighted by Gasteiger charge is 2.29. The van der Waals surface area contributed by atoms with Crippen molar-refractivity contribution in [2.75, 3.05) is 11.4 Å². The Labute approximate surface area is 125 Å². The molecule has 1 unspecified atom stereocenters. The molecule has 1 aromatic heterocycles. The molecule has 0 aliphatic carbocycles. The predicted octanol–water partition coefficient (Wildman–Crippen LogP) is 1.76. The first-order valence-electron chi connectivity index (χ1n) is 6.45. The van der Waals surface area contributed by atoms with Crippen molar-refractivity contribution in [2.24, 2.45) is 5.73 Å². The summed E-state index contributed by atoms with van der Waals surface area (Å²) in [5, 5.41) is 4.31. The molecule has 2 aromatic rings. The fraction of sp³-hybridized carbons (Fsp3) is 0.286. The van der Waals surface area contributed by atoms with Gasteiger partial charge in [0.1, 0.15) is 5.82 Å². The van der Waals surface area contributed by atoms with Crippen LogP contribution in [0.5, 0.6) is 0 Å². The molecule has 20 heavy (non-hydrogen) atoms. The first kappa shape index (κ1) is 13.3. The van der Waals surface area contributed by atoms with Crippen molar-refractivity contribution in [3.8, 4) is 0 Å². The Hall–Kier alpha value is -1.66. The number of amides is 1. The highest BCUT2D eigenvalue weighted by Crippen LogP contribution is 2.21. The Balaban J connectivity index is 1.83. The van der Waals surface area contributed by atoms with Crippen molar-refractivity contribution in [3.63, 3.8) is 0 Å². The minimum Gasteiger partial charge on any atom is -0.326 e. The summed E-state index contributed by atoms with van der Waals surface area (Å²) in [6, 6.07) is 9.83. The Morgan fingerprint density at radius 2 is 2.05 bits per heavy atom. The van der Waals surface area contributed by atoms with Gasteiger partial charge in [-0.2, -0.15) is 5.10 Å². The van der Waals surface area contributed by atoms with E-state index in [0.717, 1.165) is 15.9 Å². The number of nitrogens with two attached hydrogens (primary N) is 1. The molecule has 3 rings (SSSR count). The zero-order valence-electron chi connectivity index (χ0n) is 10.9. The van der Waals surface area contributed by atoms with Gasteiger partial charge in [-0.1, -0.05) is 28.1 Å². The van der Waals surface area contributed by atoms with E-state index in [1.165, 1.54) is 0 Å². The number of carbonyl (C=O) groups excluding carboxylic acids is 1. The molecule has 1 atom stereocenters. The van der Waals surface area contributed by atoms with Crippen LogP contribution in [0.15, 0.2) is 41.0 Å². The van der Waals surface area contributed by atoms with Crippen LogP contribution in [0.1, 0.15) is 12.0 Å². The van der Waals surface area contributed by atoms with Crippen LogP contribution in [0.25, 0.3) is 0 Å². The topological polar surface area (TPSA) is 64.2 Å². The van der Waals surface area contributed by atoms with Gasteiger partial charge in [0.2, 0.25) is 5.91 Å². The summed E-state index contributed by atoms with van der Waals surface area (Å²) in [5.74, 6) is 0.876. The van der Waals surface area contributed by atoms with Crippen molar-refractivity contribution >= 4 is 27.7 Å². The van der Waals surface area contributed by atoms with Gasteiger partial charge in [0.05, 0.1) is 12.7 Å². The van der Waals surface area contributed by atoms with Gasteiger partial charge < -0.3 is 5.73 Å². The summed E-state index contributed by atoms with van der Waals surface area (Å²) < 4.78 is 2.88.